The molecule has 0 aromatic carbocycles. The van der Waals surface area contributed by atoms with Gasteiger partial charge < -0.3 is 14.2 Å². The second-order valence-corrected chi connectivity index (χ2v) is 18.5. The van der Waals surface area contributed by atoms with Crippen LogP contribution in [0.15, 0.2) is 36.5 Å². The van der Waals surface area contributed by atoms with Crippen molar-refractivity contribution in [1.29, 1.82) is 0 Å². The third-order valence-electron chi connectivity index (χ3n) is 12.1. The molecule has 0 saturated carbocycles. The summed E-state index contributed by atoms with van der Waals surface area (Å²) in [6.07, 6.45) is 61.2. The van der Waals surface area contributed by atoms with Crippen molar-refractivity contribution in [3.05, 3.63) is 36.5 Å². The maximum Gasteiger partial charge on any atom is 0.306 e. The molecule has 376 valence electrons. The van der Waals surface area contributed by atoms with Crippen LogP contribution < -0.4 is 0 Å². The zero-order valence-electron chi connectivity index (χ0n) is 42.1. The average Bonchev–Trinajstić information content (AvgIpc) is 3.28. The van der Waals surface area contributed by atoms with Crippen molar-refractivity contribution in [3.8, 4) is 0 Å². The van der Waals surface area contributed by atoms with E-state index >= 15 is 0 Å². The quantitative estimate of drug-likeness (QED) is 0.0262. The molecule has 6 nitrogen and oxygen atoms in total. The van der Waals surface area contributed by atoms with Crippen molar-refractivity contribution in [2.24, 2.45) is 0 Å². The van der Waals surface area contributed by atoms with E-state index in [1.54, 1.807) is 0 Å². The normalized spacial score (nSPS) is 11.6. The Balaban J connectivity index is 0. The van der Waals surface area contributed by atoms with E-state index in [1.165, 1.54) is 173 Å². The number of carbonyl (C=O) groups is 3. The van der Waals surface area contributed by atoms with Gasteiger partial charge in [-0.2, -0.15) is 0 Å². The lowest BCUT2D eigenvalue weighted by molar-refractivity contribution is -0.167. The first-order valence-corrected chi connectivity index (χ1v) is 27.5. The van der Waals surface area contributed by atoms with E-state index in [4.69, 9.17) is 14.2 Å². The fourth-order valence-corrected chi connectivity index (χ4v) is 7.90. The van der Waals surface area contributed by atoms with E-state index in [2.05, 4.69) is 57.2 Å². The molecule has 0 heterocycles. The topological polar surface area (TPSA) is 78.9 Å². The zero-order valence-corrected chi connectivity index (χ0v) is 42.1. The van der Waals surface area contributed by atoms with Gasteiger partial charge in [0.05, 0.1) is 0 Å². The maximum atomic E-state index is 12.8. The number of esters is 3. The second kappa shape index (κ2) is 55.0. The number of hydrogen-bond acceptors (Lipinski definition) is 6. The molecule has 64 heavy (non-hydrogen) atoms. The lowest BCUT2D eigenvalue weighted by Crippen LogP contribution is -2.30. The van der Waals surface area contributed by atoms with Crippen molar-refractivity contribution >= 4 is 17.9 Å². The smallest absolute Gasteiger partial charge is 0.306 e. The zero-order chi connectivity index (χ0) is 45.8. The van der Waals surface area contributed by atoms with Gasteiger partial charge in [-0.25, -0.2) is 0 Å². The lowest BCUT2D eigenvalue weighted by atomic mass is 10.1. The SMILES string of the molecule is C.CCCCCCCC/C=C\CCCCCCCC(=O)OCC(COC(=O)CCCCCCC/C=C\CCCCCCCC)OC(=O)CCCCCCC/C=C\CCCCCCCC. The van der Waals surface area contributed by atoms with Crippen LogP contribution in [0.25, 0.3) is 0 Å². The molecule has 0 unspecified atom stereocenters. The first kappa shape index (κ1) is 63.7. The largest absolute Gasteiger partial charge is 0.462 e. The van der Waals surface area contributed by atoms with E-state index in [0.717, 1.165) is 77.0 Å². The molecule has 0 aromatic heterocycles. The van der Waals surface area contributed by atoms with Crippen LogP contribution in [-0.2, 0) is 28.6 Å². The number of carbonyl (C=O) groups excluding carboxylic acids is 3. The van der Waals surface area contributed by atoms with Crippen LogP contribution >= 0.6 is 0 Å². The fraction of sp³-hybridized carbons (Fsp3) is 0.845. The van der Waals surface area contributed by atoms with Gasteiger partial charge in [0.2, 0.25) is 0 Å². The van der Waals surface area contributed by atoms with Crippen LogP contribution in [0, 0.1) is 0 Å². The Bertz CT molecular complexity index is 1010. The summed E-state index contributed by atoms with van der Waals surface area (Å²) >= 11 is 0. The van der Waals surface area contributed by atoms with Crippen molar-refractivity contribution in [2.45, 2.75) is 304 Å². The van der Waals surface area contributed by atoms with E-state index in [-0.39, 0.29) is 38.5 Å². The summed E-state index contributed by atoms with van der Waals surface area (Å²) < 4.78 is 16.8. The molecule has 0 saturated heterocycles. The minimum absolute atomic E-state index is 0. The first-order chi connectivity index (χ1) is 31.0. The number of rotatable bonds is 50. The lowest BCUT2D eigenvalue weighted by Gasteiger charge is -2.18. The van der Waals surface area contributed by atoms with Crippen LogP contribution in [-0.4, -0.2) is 37.2 Å². The Morgan fingerprint density at radius 1 is 0.312 bits per heavy atom. The van der Waals surface area contributed by atoms with Gasteiger partial charge >= 0.3 is 17.9 Å². The van der Waals surface area contributed by atoms with Gasteiger partial charge in [-0.15, -0.1) is 0 Å². The first-order valence-electron chi connectivity index (χ1n) is 27.5. The molecule has 0 spiro atoms. The highest BCUT2D eigenvalue weighted by molar-refractivity contribution is 5.71. The Morgan fingerprint density at radius 3 is 0.797 bits per heavy atom. The molecule has 0 radical (unpaired) electrons. The van der Waals surface area contributed by atoms with E-state index in [0.29, 0.717) is 19.3 Å². The van der Waals surface area contributed by atoms with Gasteiger partial charge in [-0.1, -0.05) is 219 Å². The van der Waals surface area contributed by atoms with E-state index in [9.17, 15) is 14.4 Å². The summed E-state index contributed by atoms with van der Waals surface area (Å²) in [4.78, 5) is 38.0. The average molecular weight is 901 g/mol. The molecule has 0 amide bonds. The molecule has 0 aromatic rings. The molecule has 0 rings (SSSR count). The minimum Gasteiger partial charge on any atom is -0.462 e. The van der Waals surface area contributed by atoms with E-state index in [1.807, 2.05) is 0 Å². The molecule has 6 heteroatoms. The van der Waals surface area contributed by atoms with Gasteiger partial charge in [0.15, 0.2) is 6.10 Å². The highest BCUT2D eigenvalue weighted by Crippen LogP contribution is 2.15. The summed E-state index contributed by atoms with van der Waals surface area (Å²) in [7, 11) is 0. The Hall–Kier alpha value is -2.37. The van der Waals surface area contributed by atoms with Crippen molar-refractivity contribution in [2.75, 3.05) is 13.2 Å². The predicted octanol–water partition coefficient (Wildman–Crippen LogP) is 18.7. The monoisotopic (exact) mass is 901 g/mol. The summed E-state index contributed by atoms with van der Waals surface area (Å²) in [5.74, 6) is -0.893. The number of hydrogen-bond donors (Lipinski definition) is 0. The van der Waals surface area contributed by atoms with Gasteiger partial charge in [-0.05, 0) is 96.3 Å². The van der Waals surface area contributed by atoms with Crippen LogP contribution in [0.2, 0.25) is 0 Å². The molecular formula is C58H108O6. The van der Waals surface area contributed by atoms with Gasteiger partial charge in [-0.3, -0.25) is 14.4 Å². The van der Waals surface area contributed by atoms with Gasteiger partial charge in [0.1, 0.15) is 13.2 Å². The fourth-order valence-electron chi connectivity index (χ4n) is 7.90. The highest BCUT2D eigenvalue weighted by Gasteiger charge is 2.19. The number of ether oxygens (including phenoxy) is 3. The highest BCUT2D eigenvalue weighted by atomic mass is 16.6. The van der Waals surface area contributed by atoms with Gasteiger partial charge in [0, 0.05) is 19.3 Å². The third-order valence-corrected chi connectivity index (χ3v) is 12.1. The molecular weight excluding hydrogens is 793 g/mol. The molecule has 0 aliphatic carbocycles. The summed E-state index contributed by atoms with van der Waals surface area (Å²) in [6, 6.07) is 0. The molecule has 0 atom stereocenters. The molecule has 0 fully saturated rings. The molecule has 0 bridgehead atoms. The minimum atomic E-state index is -0.781. The number of unbranched alkanes of at least 4 members (excludes halogenated alkanes) is 33. The Morgan fingerprint density at radius 2 is 0.531 bits per heavy atom. The predicted molar refractivity (Wildman–Crippen MR) is 277 cm³/mol. The maximum absolute atomic E-state index is 12.8. The van der Waals surface area contributed by atoms with Crippen molar-refractivity contribution < 1.29 is 28.6 Å². The molecule has 0 aliphatic heterocycles. The summed E-state index contributed by atoms with van der Waals surface area (Å²) in [5, 5.41) is 0. The third kappa shape index (κ3) is 52.3. The Labute approximate surface area is 398 Å². The van der Waals surface area contributed by atoms with Crippen molar-refractivity contribution in [3.63, 3.8) is 0 Å². The van der Waals surface area contributed by atoms with Crippen molar-refractivity contribution in [1.82, 2.24) is 0 Å². The molecule has 0 aliphatic rings. The van der Waals surface area contributed by atoms with Crippen LogP contribution in [0.1, 0.15) is 298 Å². The van der Waals surface area contributed by atoms with Gasteiger partial charge in [0.25, 0.3) is 0 Å². The molecule has 0 N–H and O–H groups in total. The van der Waals surface area contributed by atoms with Crippen LogP contribution in [0.4, 0.5) is 0 Å². The van der Waals surface area contributed by atoms with Crippen LogP contribution in [0.3, 0.4) is 0 Å². The summed E-state index contributed by atoms with van der Waals surface area (Å²) in [6.45, 7) is 6.63. The standard InChI is InChI=1S/C57H104O6.CH4/c1-4-7-10-13-16-19-22-25-28-31-34-37-40-43-46-49-55(58)61-52-54(63-57(60)51-48-45-42-39-36-33-30-27-24-21-18-15-12-9-6-3)53-62-56(59)50-47-44-41-38-35-32-29-26-23-20-17-14-11-8-5-2;/h25-30,54H,4-24,31-53H2,1-3H3;1H4/b28-25-,29-26-,30-27-;. The van der Waals surface area contributed by atoms with E-state index < -0.39 is 6.10 Å². The number of allylic oxidation sites excluding steroid dienone is 6. The van der Waals surface area contributed by atoms with Crippen LogP contribution in [0.5, 0.6) is 0 Å². The second-order valence-electron chi connectivity index (χ2n) is 18.5. The summed E-state index contributed by atoms with van der Waals surface area (Å²) in [5.41, 5.74) is 0. The Kier molecular flexibility index (Phi) is 54.7.